The van der Waals surface area contributed by atoms with Gasteiger partial charge in [-0.05, 0) is 36.2 Å². The molecule has 0 atom stereocenters. The van der Waals surface area contributed by atoms with Gasteiger partial charge in [0.2, 0.25) is 0 Å². The highest BCUT2D eigenvalue weighted by Gasteiger charge is 2.22. The number of aromatic nitrogens is 2. The number of carbonyl (C=O) groups excluding carboxylic acids is 1. The molecule has 0 radical (unpaired) electrons. The molecular weight excluding hydrogens is 294 g/mol. The second kappa shape index (κ2) is 6.49. The number of hydrogen-bond acceptors (Lipinski definition) is 4. The maximum atomic E-state index is 12.9. The molecule has 0 aliphatic carbocycles. The Morgan fingerprint density at radius 3 is 2.27 bits per heavy atom. The van der Waals surface area contributed by atoms with Crippen LogP contribution in [0.15, 0.2) is 60.7 Å². The molecule has 0 spiro atoms. The first kappa shape index (κ1) is 14.4. The summed E-state index contributed by atoms with van der Waals surface area (Å²) in [4.78, 5) is 15.2. The Kier molecular flexibility index (Phi) is 4.25. The van der Waals surface area contributed by atoms with Crippen LogP contribution >= 0.6 is 11.5 Å². The zero-order chi connectivity index (χ0) is 15.4. The van der Waals surface area contributed by atoms with E-state index in [4.69, 9.17) is 0 Å². The van der Waals surface area contributed by atoms with Crippen LogP contribution in [0.3, 0.4) is 0 Å². The Balaban J connectivity index is 1.96. The predicted octanol–water partition coefficient (Wildman–Crippen LogP) is 3.69. The minimum atomic E-state index is -0.0671. The fraction of sp³-hybridized carbons (Fsp3) is 0.118. The SMILES string of the molecule is Cc1nnsc1C(=O)N(Cc1ccccc1)c1ccccc1. The molecule has 4 nitrogen and oxygen atoms in total. The van der Waals surface area contributed by atoms with E-state index in [9.17, 15) is 4.79 Å². The van der Waals surface area contributed by atoms with Gasteiger partial charge in [-0.2, -0.15) is 0 Å². The van der Waals surface area contributed by atoms with Gasteiger partial charge in [0.1, 0.15) is 4.88 Å². The van der Waals surface area contributed by atoms with Gasteiger partial charge in [0.05, 0.1) is 12.2 Å². The van der Waals surface area contributed by atoms with E-state index >= 15 is 0 Å². The predicted molar refractivity (Wildman–Crippen MR) is 88.0 cm³/mol. The summed E-state index contributed by atoms with van der Waals surface area (Å²) in [6.07, 6.45) is 0. The summed E-state index contributed by atoms with van der Waals surface area (Å²) in [5.41, 5.74) is 2.61. The van der Waals surface area contributed by atoms with Gasteiger partial charge in [0.15, 0.2) is 0 Å². The van der Waals surface area contributed by atoms with Crippen LogP contribution in [0.25, 0.3) is 0 Å². The van der Waals surface area contributed by atoms with Crippen molar-refractivity contribution in [1.29, 1.82) is 0 Å². The quantitative estimate of drug-likeness (QED) is 0.738. The van der Waals surface area contributed by atoms with E-state index in [0.717, 1.165) is 22.8 Å². The average Bonchev–Trinajstić information content (AvgIpc) is 3.00. The van der Waals surface area contributed by atoms with Gasteiger partial charge in [-0.3, -0.25) is 4.79 Å². The maximum absolute atomic E-state index is 12.9. The first-order valence-corrected chi connectivity index (χ1v) is 7.73. The Morgan fingerprint density at radius 2 is 1.68 bits per heavy atom. The number of rotatable bonds is 4. The van der Waals surface area contributed by atoms with E-state index in [0.29, 0.717) is 17.1 Å². The van der Waals surface area contributed by atoms with Crippen LogP contribution < -0.4 is 4.90 Å². The molecule has 3 aromatic rings. The van der Waals surface area contributed by atoms with Crippen molar-refractivity contribution in [3.05, 3.63) is 76.8 Å². The van der Waals surface area contributed by atoms with Gasteiger partial charge >= 0.3 is 0 Å². The van der Waals surface area contributed by atoms with E-state index < -0.39 is 0 Å². The van der Waals surface area contributed by atoms with Gasteiger partial charge in [-0.15, -0.1) is 5.10 Å². The molecule has 0 saturated heterocycles. The van der Waals surface area contributed by atoms with E-state index in [1.807, 2.05) is 67.6 Å². The number of para-hydroxylation sites is 1. The van der Waals surface area contributed by atoms with Crippen molar-refractivity contribution in [2.75, 3.05) is 4.90 Å². The molecule has 0 unspecified atom stereocenters. The highest BCUT2D eigenvalue weighted by molar-refractivity contribution is 7.08. The molecule has 22 heavy (non-hydrogen) atoms. The smallest absolute Gasteiger partial charge is 0.272 e. The zero-order valence-electron chi connectivity index (χ0n) is 12.1. The number of anilines is 1. The fourth-order valence-corrected chi connectivity index (χ4v) is 2.81. The molecule has 0 N–H and O–H groups in total. The lowest BCUT2D eigenvalue weighted by atomic mass is 10.2. The van der Waals surface area contributed by atoms with E-state index in [1.165, 1.54) is 0 Å². The maximum Gasteiger partial charge on any atom is 0.272 e. The molecule has 1 amide bonds. The molecule has 3 rings (SSSR count). The monoisotopic (exact) mass is 309 g/mol. The minimum Gasteiger partial charge on any atom is -0.303 e. The summed E-state index contributed by atoms with van der Waals surface area (Å²) in [6.45, 7) is 2.32. The topological polar surface area (TPSA) is 46.1 Å². The number of benzene rings is 2. The second-order valence-corrected chi connectivity index (χ2v) is 5.65. The molecule has 0 fully saturated rings. The summed E-state index contributed by atoms with van der Waals surface area (Å²) < 4.78 is 3.87. The number of aryl methyl sites for hydroxylation is 1. The normalized spacial score (nSPS) is 10.4. The van der Waals surface area contributed by atoms with Crippen LogP contribution in [0.5, 0.6) is 0 Å². The Morgan fingerprint density at radius 1 is 1.05 bits per heavy atom. The van der Waals surface area contributed by atoms with Crippen molar-refractivity contribution in [1.82, 2.24) is 9.59 Å². The van der Waals surface area contributed by atoms with Gasteiger partial charge in [0, 0.05) is 5.69 Å². The molecule has 2 aromatic carbocycles. The molecule has 110 valence electrons. The molecule has 1 aromatic heterocycles. The molecule has 0 aliphatic heterocycles. The molecule has 1 heterocycles. The van der Waals surface area contributed by atoms with Crippen molar-refractivity contribution in [3.63, 3.8) is 0 Å². The standard InChI is InChI=1S/C17H15N3OS/c1-13-16(22-19-18-13)17(21)20(15-10-6-3-7-11-15)12-14-8-4-2-5-9-14/h2-11H,12H2,1H3. The number of amides is 1. The molecule has 0 saturated carbocycles. The van der Waals surface area contributed by atoms with Gasteiger partial charge < -0.3 is 4.90 Å². The highest BCUT2D eigenvalue weighted by atomic mass is 32.1. The summed E-state index contributed by atoms with van der Waals surface area (Å²) in [7, 11) is 0. The van der Waals surface area contributed by atoms with Gasteiger partial charge in [-0.1, -0.05) is 53.0 Å². The van der Waals surface area contributed by atoms with Crippen molar-refractivity contribution < 1.29 is 4.79 Å². The minimum absolute atomic E-state index is 0.0671. The zero-order valence-corrected chi connectivity index (χ0v) is 13.0. The lowest BCUT2D eigenvalue weighted by Gasteiger charge is -2.22. The van der Waals surface area contributed by atoms with Gasteiger partial charge in [0.25, 0.3) is 5.91 Å². The number of hydrogen-bond donors (Lipinski definition) is 0. The van der Waals surface area contributed by atoms with E-state index in [1.54, 1.807) is 4.90 Å². The third kappa shape index (κ3) is 3.04. The third-order valence-electron chi connectivity index (χ3n) is 3.34. The fourth-order valence-electron chi connectivity index (χ4n) is 2.20. The van der Waals surface area contributed by atoms with Gasteiger partial charge in [-0.25, -0.2) is 0 Å². The van der Waals surface area contributed by atoms with Crippen molar-refractivity contribution in [3.8, 4) is 0 Å². The highest BCUT2D eigenvalue weighted by Crippen LogP contribution is 2.22. The molecule has 0 bridgehead atoms. The second-order valence-electron chi connectivity index (χ2n) is 4.90. The number of nitrogens with zero attached hydrogens (tertiary/aromatic N) is 3. The van der Waals surface area contributed by atoms with E-state index in [2.05, 4.69) is 9.59 Å². The van der Waals surface area contributed by atoms with Crippen molar-refractivity contribution in [2.24, 2.45) is 0 Å². The Labute approximate surface area is 133 Å². The Hall–Kier alpha value is -2.53. The molecule has 0 aliphatic rings. The average molecular weight is 309 g/mol. The van der Waals surface area contributed by atoms with Crippen LogP contribution in [0.2, 0.25) is 0 Å². The Bertz CT molecular complexity index is 756. The first-order valence-electron chi connectivity index (χ1n) is 6.95. The molecule has 5 heteroatoms. The summed E-state index contributed by atoms with van der Waals surface area (Å²) in [5, 5.41) is 3.94. The van der Waals surface area contributed by atoms with Crippen LogP contribution in [0, 0.1) is 6.92 Å². The van der Waals surface area contributed by atoms with Crippen molar-refractivity contribution in [2.45, 2.75) is 13.5 Å². The van der Waals surface area contributed by atoms with Crippen molar-refractivity contribution >= 4 is 23.1 Å². The first-order chi connectivity index (χ1) is 10.8. The number of carbonyl (C=O) groups is 1. The van der Waals surface area contributed by atoms with Crippen LogP contribution in [-0.4, -0.2) is 15.5 Å². The van der Waals surface area contributed by atoms with E-state index in [-0.39, 0.29) is 5.91 Å². The third-order valence-corrected chi connectivity index (χ3v) is 4.16. The summed E-state index contributed by atoms with van der Waals surface area (Å²) in [6, 6.07) is 19.6. The van der Waals surface area contributed by atoms with Crippen LogP contribution in [0.4, 0.5) is 5.69 Å². The van der Waals surface area contributed by atoms with Crippen LogP contribution in [0.1, 0.15) is 20.9 Å². The largest absolute Gasteiger partial charge is 0.303 e. The lowest BCUT2D eigenvalue weighted by molar-refractivity contribution is 0.0988. The lowest BCUT2D eigenvalue weighted by Crippen LogP contribution is -2.30. The summed E-state index contributed by atoms with van der Waals surface area (Å²) in [5.74, 6) is -0.0671. The molecular formula is C17H15N3OS. The summed E-state index contributed by atoms with van der Waals surface area (Å²) >= 11 is 1.14. The van der Waals surface area contributed by atoms with Crippen LogP contribution in [-0.2, 0) is 6.54 Å².